The minimum atomic E-state index is 0.0861. The molecule has 0 spiro atoms. The van der Waals surface area contributed by atoms with E-state index in [0.29, 0.717) is 11.8 Å². The van der Waals surface area contributed by atoms with Gasteiger partial charge in [-0.15, -0.1) is 0 Å². The van der Waals surface area contributed by atoms with Gasteiger partial charge in [0.2, 0.25) is 0 Å². The zero-order valence-electron chi connectivity index (χ0n) is 16.7. The Labute approximate surface area is 166 Å². The van der Waals surface area contributed by atoms with Crippen molar-refractivity contribution in [1.82, 2.24) is 0 Å². The van der Waals surface area contributed by atoms with Crippen LogP contribution >= 0.6 is 11.6 Å². The largest absolute Gasteiger partial charge is 0.352 e. The van der Waals surface area contributed by atoms with Crippen LogP contribution in [0.1, 0.15) is 84.0 Å². The van der Waals surface area contributed by atoms with Crippen molar-refractivity contribution in [3.05, 3.63) is 11.6 Å². The van der Waals surface area contributed by atoms with Gasteiger partial charge in [-0.3, -0.25) is 0 Å². The summed E-state index contributed by atoms with van der Waals surface area (Å²) in [6, 6.07) is 0. The fourth-order valence-electron chi connectivity index (χ4n) is 5.48. The number of hydrogen-bond acceptors (Lipinski definition) is 2. The molecule has 1 saturated heterocycles. The molecule has 0 amide bonds. The zero-order valence-corrected chi connectivity index (χ0v) is 17.5. The van der Waals surface area contributed by atoms with E-state index in [2.05, 4.69) is 13.0 Å². The maximum atomic E-state index is 6.14. The first kappa shape index (κ1) is 20.7. The van der Waals surface area contributed by atoms with Crippen molar-refractivity contribution < 1.29 is 9.47 Å². The highest BCUT2D eigenvalue weighted by Crippen LogP contribution is 2.43. The number of halogens is 1. The summed E-state index contributed by atoms with van der Waals surface area (Å²) < 4.78 is 12.3. The van der Waals surface area contributed by atoms with Crippen molar-refractivity contribution in [2.24, 2.45) is 29.6 Å². The summed E-state index contributed by atoms with van der Waals surface area (Å²) in [7, 11) is 0. The van der Waals surface area contributed by atoms with Crippen molar-refractivity contribution in [2.75, 3.05) is 13.2 Å². The highest BCUT2D eigenvalue weighted by atomic mass is 35.5. The Morgan fingerprint density at radius 2 is 1.38 bits per heavy atom. The highest BCUT2D eigenvalue weighted by molar-refractivity contribution is 6.25. The molecule has 2 aliphatic carbocycles. The van der Waals surface area contributed by atoms with Gasteiger partial charge < -0.3 is 9.47 Å². The predicted molar refractivity (Wildman–Crippen MR) is 109 cm³/mol. The van der Waals surface area contributed by atoms with Crippen LogP contribution in [0.3, 0.4) is 0 Å². The molecule has 3 fully saturated rings. The lowest BCUT2D eigenvalue weighted by molar-refractivity contribution is -0.230. The van der Waals surface area contributed by atoms with Crippen LogP contribution in [-0.4, -0.2) is 19.5 Å². The van der Waals surface area contributed by atoms with E-state index in [1.165, 1.54) is 77.0 Å². The Morgan fingerprint density at radius 3 is 1.96 bits per heavy atom. The van der Waals surface area contributed by atoms with Crippen LogP contribution < -0.4 is 0 Å². The summed E-state index contributed by atoms with van der Waals surface area (Å²) in [5.41, 5.74) is 1.72. The molecule has 0 N–H and O–H groups in total. The standard InChI is InChI=1S/C23H39ClO2/c1-2-3-4-5-19-16-25-23(26-17-19)22-12-10-21(11-13-22)20-8-6-18(7-9-20)14-15-24/h14-15,18-23H,2-13,16-17H2,1H3/b15-14+/t18-,19-,20-,21?,22?,23-. The molecule has 0 radical (unpaired) electrons. The highest BCUT2D eigenvalue weighted by Gasteiger charge is 2.35. The van der Waals surface area contributed by atoms with Gasteiger partial charge in [0, 0.05) is 17.4 Å². The molecular weight excluding hydrogens is 344 g/mol. The van der Waals surface area contributed by atoms with Crippen LogP contribution in [0, 0.1) is 29.6 Å². The monoisotopic (exact) mass is 382 g/mol. The second kappa shape index (κ2) is 11.1. The molecule has 3 rings (SSSR count). The average Bonchev–Trinajstić information content (AvgIpc) is 2.70. The third-order valence-corrected chi connectivity index (χ3v) is 7.38. The van der Waals surface area contributed by atoms with Crippen LogP contribution in [0.2, 0.25) is 0 Å². The second-order valence-corrected chi connectivity index (χ2v) is 9.32. The maximum absolute atomic E-state index is 6.14. The smallest absolute Gasteiger partial charge is 0.160 e. The number of hydrogen-bond donors (Lipinski definition) is 0. The van der Waals surface area contributed by atoms with Crippen LogP contribution in [0.25, 0.3) is 0 Å². The lowest BCUT2D eigenvalue weighted by Gasteiger charge is -2.40. The Hall–Kier alpha value is -0.0500. The normalized spacial score (nSPS) is 39.3. The van der Waals surface area contributed by atoms with Gasteiger partial charge in [-0.1, -0.05) is 43.9 Å². The van der Waals surface area contributed by atoms with Crippen LogP contribution in [0.4, 0.5) is 0 Å². The van der Waals surface area contributed by atoms with E-state index in [9.17, 15) is 0 Å². The molecule has 0 unspecified atom stereocenters. The molecular formula is C23H39ClO2. The van der Waals surface area contributed by atoms with Crippen molar-refractivity contribution in [1.29, 1.82) is 0 Å². The number of ether oxygens (including phenoxy) is 2. The molecule has 0 aromatic heterocycles. The summed E-state index contributed by atoms with van der Waals surface area (Å²) in [6.07, 6.45) is 18.4. The average molecular weight is 383 g/mol. The van der Waals surface area contributed by atoms with Crippen LogP contribution in [0.15, 0.2) is 11.6 Å². The molecule has 26 heavy (non-hydrogen) atoms. The van der Waals surface area contributed by atoms with Gasteiger partial charge in [0.05, 0.1) is 13.2 Å². The third-order valence-electron chi connectivity index (χ3n) is 7.24. The topological polar surface area (TPSA) is 18.5 Å². The Morgan fingerprint density at radius 1 is 0.808 bits per heavy atom. The number of rotatable bonds is 7. The molecule has 2 saturated carbocycles. The van der Waals surface area contributed by atoms with E-state index in [0.717, 1.165) is 31.0 Å². The van der Waals surface area contributed by atoms with Crippen molar-refractivity contribution in [3.63, 3.8) is 0 Å². The molecule has 0 aromatic carbocycles. The molecule has 0 aromatic rings. The lowest BCUT2D eigenvalue weighted by Crippen LogP contribution is -2.39. The second-order valence-electron chi connectivity index (χ2n) is 9.07. The van der Waals surface area contributed by atoms with E-state index in [1.807, 2.05) is 0 Å². The summed E-state index contributed by atoms with van der Waals surface area (Å²) in [4.78, 5) is 0. The molecule has 3 aliphatic rings. The maximum Gasteiger partial charge on any atom is 0.160 e. The molecule has 2 nitrogen and oxygen atoms in total. The quantitative estimate of drug-likeness (QED) is 0.445. The minimum Gasteiger partial charge on any atom is -0.352 e. The Balaban J connectivity index is 1.33. The van der Waals surface area contributed by atoms with Gasteiger partial charge in [0.25, 0.3) is 0 Å². The molecule has 0 bridgehead atoms. The van der Waals surface area contributed by atoms with Gasteiger partial charge in [-0.25, -0.2) is 0 Å². The number of allylic oxidation sites excluding steroid dienone is 1. The molecule has 3 heteroatoms. The minimum absolute atomic E-state index is 0.0861. The summed E-state index contributed by atoms with van der Waals surface area (Å²) >= 11 is 5.75. The molecule has 0 atom stereocenters. The van der Waals surface area contributed by atoms with Gasteiger partial charge in [-0.05, 0) is 75.5 Å². The Kier molecular flexibility index (Phi) is 8.81. The first-order chi connectivity index (χ1) is 12.8. The fraction of sp³-hybridized carbons (Fsp3) is 0.913. The SMILES string of the molecule is CCCCC[C@H]1CO[C@H](C2CCC([C@H]3CC[C@H](/C=C/Cl)CC3)CC2)OC1. The van der Waals surface area contributed by atoms with Gasteiger partial charge in [-0.2, -0.15) is 0 Å². The van der Waals surface area contributed by atoms with E-state index in [4.69, 9.17) is 21.1 Å². The van der Waals surface area contributed by atoms with E-state index in [1.54, 1.807) is 5.54 Å². The summed E-state index contributed by atoms with van der Waals surface area (Å²) in [6.45, 7) is 4.11. The lowest BCUT2D eigenvalue weighted by atomic mass is 9.69. The molecule has 150 valence electrons. The van der Waals surface area contributed by atoms with Crippen molar-refractivity contribution in [2.45, 2.75) is 90.3 Å². The summed E-state index contributed by atoms with van der Waals surface area (Å²) in [5, 5.41) is 0. The van der Waals surface area contributed by atoms with E-state index in [-0.39, 0.29) is 6.29 Å². The van der Waals surface area contributed by atoms with Crippen LogP contribution in [-0.2, 0) is 9.47 Å². The van der Waals surface area contributed by atoms with Crippen molar-refractivity contribution in [3.8, 4) is 0 Å². The van der Waals surface area contributed by atoms with Gasteiger partial charge >= 0.3 is 0 Å². The zero-order chi connectivity index (χ0) is 18.2. The molecule has 1 aliphatic heterocycles. The third kappa shape index (κ3) is 5.97. The summed E-state index contributed by atoms with van der Waals surface area (Å²) in [5.74, 6) is 3.89. The number of unbranched alkanes of at least 4 members (excludes halogenated alkanes) is 2. The fourth-order valence-corrected chi connectivity index (χ4v) is 5.69. The van der Waals surface area contributed by atoms with E-state index >= 15 is 0 Å². The predicted octanol–water partition coefficient (Wildman–Crippen LogP) is 6.92. The first-order valence-electron chi connectivity index (χ1n) is 11.3. The Bertz CT molecular complexity index is 400. The van der Waals surface area contributed by atoms with Gasteiger partial charge in [0.1, 0.15) is 0 Å². The van der Waals surface area contributed by atoms with Crippen molar-refractivity contribution >= 4 is 11.6 Å². The van der Waals surface area contributed by atoms with E-state index < -0.39 is 0 Å². The van der Waals surface area contributed by atoms with Gasteiger partial charge in [0.15, 0.2) is 6.29 Å². The molecule has 1 heterocycles. The van der Waals surface area contributed by atoms with Crippen LogP contribution in [0.5, 0.6) is 0 Å². The first-order valence-corrected chi connectivity index (χ1v) is 11.7.